The van der Waals surface area contributed by atoms with Crippen molar-refractivity contribution in [2.45, 2.75) is 234 Å². The minimum absolute atomic E-state index is 0.590. The van der Waals surface area contributed by atoms with Crippen molar-refractivity contribution >= 4 is 120 Å². The number of hydrogen-bond donors (Lipinski definition) is 0. The van der Waals surface area contributed by atoms with E-state index in [0.717, 1.165) is 118 Å². The van der Waals surface area contributed by atoms with E-state index in [2.05, 4.69) is 295 Å². The number of fused-ring (bicyclic) bond motifs is 10. The van der Waals surface area contributed by atoms with Gasteiger partial charge in [-0.1, -0.05) is 145 Å². The molecule has 10 aromatic rings. The molecule has 0 radical (unpaired) electrons. The molecule has 0 atom stereocenters. The maximum Gasteiger partial charge on any atom is 0.121 e. The third kappa shape index (κ3) is 17.5. The maximum absolute atomic E-state index is 6.06. The molecule has 0 saturated heterocycles. The lowest BCUT2D eigenvalue weighted by molar-refractivity contribution is 0.361. The Morgan fingerprint density at radius 1 is 0.291 bits per heavy atom. The Bertz CT molecular complexity index is 5940. The van der Waals surface area contributed by atoms with Crippen molar-refractivity contribution in [2.75, 3.05) is 6.61 Å². The zero-order valence-corrected chi connectivity index (χ0v) is 73.2. The van der Waals surface area contributed by atoms with Crippen LogP contribution in [0.2, 0.25) is 0 Å². The maximum atomic E-state index is 6.06. The summed E-state index contributed by atoms with van der Waals surface area (Å²) in [7, 11) is 0. The van der Waals surface area contributed by atoms with Crippen molar-refractivity contribution in [1.82, 2.24) is 0 Å². The van der Waals surface area contributed by atoms with Gasteiger partial charge in [-0.3, -0.25) is 0 Å². The lowest BCUT2D eigenvalue weighted by Gasteiger charge is -2.18. The fourth-order valence-corrected chi connectivity index (χ4v) is 19.8. The Morgan fingerprint density at radius 2 is 0.564 bits per heavy atom. The lowest BCUT2D eigenvalue weighted by atomic mass is 10.0. The highest BCUT2D eigenvalue weighted by Crippen LogP contribution is 2.44. The molecule has 564 valence electrons. The van der Waals surface area contributed by atoms with Gasteiger partial charge in [0.25, 0.3) is 0 Å². The average Bonchev–Trinajstić information content (AvgIpc) is 0.786. The number of benzene rings is 10. The van der Waals surface area contributed by atoms with Gasteiger partial charge in [-0.05, 0) is 390 Å². The van der Waals surface area contributed by atoms with Crippen molar-refractivity contribution < 1.29 is 4.74 Å². The Labute approximate surface area is 675 Å². The number of rotatable bonds is 9. The Kier molecular flexibility index (Phi) is 25.8. The Morgan fingerprint density at radius 3 is 0.900 bits per heavy atom. The summed E-state index contributed by atoms with van der Waals surface area (Å²) >= 11 is 9.08. The van der Waals surface area contributed by atoms with Crippen LogP contribution >= 0.6 is 58.8 Å². The van der Waals surface area contributed by atoms with Crippen LogP contribution in [-0.4, -0.2) is 6.61 Å². The number of ether oxygens (including phenoxy) is 1. The molecule has 0 N–H and O–H groups in total. The van der Waals surface area contributed by atoms with Gasteiger partial charge in [-0.25, -0.2) is 25.0 Å². The molecule has 0 saturated carbocycles. The molecular formula is C99H107N5OS5. The van der Waals surface area contributed by atoms with Crippen LogP contribution in [0.3, 0.4) is 0 Å². The van der Waals surface area contributed by atoms with Gasteiger partial charge in [-0.2, -0.15) is 0 Å². The fourth-order valence-electron chi connectivity index (χ4n) is 13.9. The van der Waals surface area contributed by atoms with Gasteiger partial charge < -0.3 is 4.74 Å². The molecule has 5 heterocycles. The fraction of sp³-hybridized carbons (Fsp3) is 0.283. The molecule has 5 aliphatic rings. The smallest absolute Gasteiger partial charge is 0.121 e. The van der Waals surface area contributed by atoms with Crippen LogP contribution in [-0.2, 0) is 0 Å². The van der Waals surface area contributed by atoms with E-state index in [1.54, 1.807) is 11.8 Å². The molecule has 11 heteroatoms. The first-order valence-corrected chi connectivity index (χ1v) is 42.1. The Hall–Kier alpha value is -8.68. The molecule has 0 bridgehead atoms. The third-order valence-electron chi connectivity index (χ3n) is 22.3. The molecule has 6 nitrogen and oxygen atoms in total. The summed E-state index contributed by atoms with van der Waals surface area (Å²) in [6.07, 6.45) is 11.3. The quantitative estimate of drug-likeness (QED) is 0.134. The van der Waals surface area contributed by atoms with E-state index in [1.165, 1.54) is 166 Å². The first-order valence-electron chi connectivity index (χ1n) is 38.0. The number of nitrogens with zero attached hydrogens (tertiary/aromatic N) is 5. The predicted octanol–water partition coefficient (Wildman–Crippen LogP) is 23.2. The van der Waals surface area contributed by atoms with Gasteiger partial charge in [0.05, 0.1) is 55.2 Å². The highest BCUT2D eigenvalue weighted by atomic mass is 32.2. The third-order valence-corrected chi connectivity index (χ3v) is 28.6. The van der Waals surface area contributed by atoms with Crippen LogP contribution in [0.25, 0.3) is 32.9 Å². The minimum atomic E-state index is 0.590. The largest absolute Gasteiger partial charge is 0.489 e. The van der Waals surface area contributed by atoms with Crippen LogP contribution < -0.4 is 57.6 Å². The molecule has 0 fully saturated rings. The first kappa shape index (κ1) is 82.3. The summed E-state index contributed by atoms with van der Waals surface area (Å²) in [5, 5.41) is 11.3. The molecule has 10 aromatic carbocycles. The van der Waals surface area contributed by atoms with Gasteiger partial charge in [0.2, 0.25) is 0 Å². The second-order valence-electron chi connectivity index (χ2n) is 30.5. The second-order valence-corrected chi connectivity index (χ2v) is 35.8. The van der Waals surface area contributed by atoms with Gasteiger partial charge in [0.15, 0.2) is 0 Å². The van der Waals surface area contributed by atoms with Crippen molar-refractivity contribution in [2.24, 2.45) is 25.0 Å². The molecule has 5 aliphatic heterocycles. The summed E-state index contributed by atoms with van der Waals surface area (Å²) < 4.78 is 6.06. The van der Waals surface area contributed by atoms with E-state index >= 15 is 0 Å². The van der Waals surface area contributed by atoms with Crippen LogP contribution in [0.15, 0.2) is 200 Å². The summed E-state index contributed by atoms with van der Waals surface area (Å²) in [5.41, 5.74) is 33.5. The van der Waals surface area contributed by atoms with Crippen LogP contribution in [0.1, 0.15) is 159 Å². The predicted molar refractivity (Wildman–Crippen MR) is 476 cm³/mol. The minimum Gasteiger partial charge on any atom is -0.489 e. The van der Waals surface area contributed by atoms with E-state index in [0.29, 0.717) is 6.61 Å². The monoisotopic (exact) mass is 1540 g/mol. The molecule has 0 spiro atoms. The second kappa shape index (κ2) is 34.5. The van der Waals surface area contributed by atoms with Crippen LogP contribution in [0.5, 0.6) is 5.75 Å². The molecule has 15 rings (SSSR count). The van der Waals surface area contributed by atoms with E-state index in [-0.39, 0.29) is 0 Å². The topological polar surface area (TPSA) is 71.0 Å². The van der Waals surface area contributed by atoms with Crippen molar-refractivity contribution in [3.63, 3.8) is 0 Å². The van der Waals surface area contributed by atoms with E-state index in [9.17, 15) is 0 Å². The number of allylic oxidation sites excluding steroid dienone is 5. The normalized spacial score (nSPS) is 12.8. The molecule has 0 unspecified atom stereocenters. The molecule has 0 aliphatic carbocycles. The Balaban J connectivity index is 0.000000140. The van der Waals surface area contributed by atoms with Crippen molar-refractivity contribution in [3.05, 3.63) is 285 Å². The molecule has 110 heavy (non-hydrogen) atoms. The highest BCUT2D eigenvalue weighted by Gasteiger charge is 2.24. The lowest BCUT2D eigenvalue weighted by Crippen LogP contribution is -2.24. The van der Waals surface area contributed by atoms with Gasteiger partial charge in [0.1, 0.15) is 12.4 Å². The number of aryl methyl sites for hydroxylation is 4. The summed E-state index contributed by atoms with van der Waals surface area (Å²) in [6.45, 7) is 71.0. The number of hydrogen-bond acceptors (Lipinski definition) is 11. The first-order chi connectivity index (χ1) is 52.1. The van der Waals surface area contributed by atoms with Gasteiger partial charge >= 0.3 is 0 Å². The summed E-state index contributed by atoms with van der Waals surface area (Å²) in [5.74, 6) is 0.889. The van der Waals surface area contributed by atoms with Gasteiger partial charge in [0, 0.05) is 49.0 Å². The summed E-state index contributed by atoms with van der Waals surface area (Å²) in [6, 6.07) is 32.1. The zero-order valence-electron chi connectivity index (χ0n) is 69.1. The molecule has 0 amide bonds. The van der Waals surface area contributed by atoms with E-state index in [4.69, 9.17) is 29.7 Å². The van der Waals surface area contributed by atoms with E-state index < -0.39 is 0 Å². The van der Waals surface area contributed by atoms with Crippen LogP contribution in [0.4, 0.5) is 28.4 Å². The average molecular weight is 1540 g/mol. The zero-order chi connectivity index (χ0) is 79.8. The van der Waals surface area contributed by atoms with Crippen LogP contribution in [0, 0.1) is 132 Å². The highest BCUT2D eigenvalue weighted by molar-refractivity contribution is 8.00. The molecular weight excluding hydrogens is 1440 g/mol. The SMILES string of the molecule is C=c1c(C)c(C)c2c(c1C)Sc1cc(C)ccc1N=2.C=c1c(C)c(C)c2c(c1C)Sc1cc(C)ccc1N=2.C=c1c(C)c(C)c2c(c1C)Sc1cc(OC/C=C(\C)CC/C=C(\C)CCC=C(C)C)ccc1N=2.C=c1c(C)c(C)c2c(c1C)Sc1ccc(C)cc1N=2.C=c1c(C)c(C)c2c(c1C)Sc1ccc(C)cc1N=2. The van der Waals surface area contributed by atoms with Crippen molar-refractivity contribution in [3.8, 4) is 5.75 Å². The van der Waals surface area contributed by atoms with Crippen molar-refractivity contribution in [1.29, 1.82) is 0 Å². The van der Waals surface area contributed by atoms with Gasteiger partial charge in [-0.15, -0.1) is 0 Å². The molecule has 0 aromatic heterocycles. The van der Waals surface area contributed by atoms with E-state index in [1.807, 2.05) is 53.1 Å². The summed E-state index contributed by atoms with van der Waals surface area (Å²) in [4.78, 5) is 36.9. The standard InChI is InChI=1S/C31H39NOS.4C17H17NS/c1-20(2)11-9-12-21(3)13-10-14-22(4)17-18-33-27-15-16-28-29(19-27)34-31-26(8)24(6)23(5)25(7)30(31)32-28;2*1-9-6-7-15-14(8-9)18-16-12(4)10(2)11(3)13(5)17(16)19-15;2*1-9-6-7-14-15(8-9)19-17-13(5)11(3)10(2)12(4)16(17)18-14/h11,13,15-17,19H,6,9-10,12,14,18H2,1-5,7-8H3;4*6-8H,3H2,1-2,4-5H3/b21-13+,22-17+;;;;.